The highest BCUT2D eigenvalue weighted by molar-refractivity contribution is 5.86. The molecule has 18 nitrogen and oxygen atoms in total. The molecule has 11 rings (SSSR count). The number of amides is 4. The lowest BCUT2D eigenvalue weighted by atomic mass is 9.75. The summed E-state index contributed by atoms with van der Waals surface area (Å²) >= 11 is 0. The Labute approximate surface area is 467 Å². The first-order valence-electron chi connectivity index (χ1n) is 28.8. The Morgan fingerprint density at radius 3 is 1.73 bits per heavy atom. The molecule has 6 aliphatic rings. The van der Waals surface area contributed by atoms with Crippen molar-refractivity contribution in [3.05, 3.63) is 82.4 Å². The number of carbonyl (C=O) groups is 4. The maximum Gasteiger partial charge on any atom is 0.405 e. The standard InChI is InChI=1S/C59H74F4N10O8/c1-31-10-20-72(54(75)51(81-57(65)77)33-15-23-79-24-16-33)59(31,5)55-68-43-28-37(39(61)30-45(43)69-55)47-9-8-46(73(47)35-25-40(62)49(41(63)26-35)70-18-11-34(12-19-70)58(2,3)4)36-27-42-44(29-38(36)60)67-52(66-42)48-7-6-17-71(48)53(74)50(80-56(64)76)32-13-21-78-22-14-32/h25-34,46-48,50-51H,6-24H2,1-5H3,(H2,64,76)(H2,65,77)(H,66,67)(H,68,69)/t31?,46-,47-,48+,50+,51+,59+/m1/s1. The predicted octanol–water partition coefficient (Wildman–Crippen LogP) is 9.87. The van der Waals surface area contributed by atoms with Gasteiger partial charge in [0.25, 0.3) is 11.8 Å². The topological polar surface area (TPSA) is 228 Å². The van der Waals surface area contributed by atoms with Gasteiger partial charge in [0.2, 0.25) is 0 Å². The second kappa shape index (κ2) is 22.2. The molecule has 1 unspecified atom stereocenters. The Hall–Kier alpha value is -6.68. The van der Waals surface area contributed by atoms with Gasteiger partial charge in [-0.25, -0.2) is 37.1 Å². The Morgan fingerprint density at radius 2 is 1.19 bits per heavy atom. The van der Waals surface area contributed by atoms with Crippen molar-refractivity contribution in [3.63, 3.8) is 0 Å². The van der Waals surface area contributed by atoms with Crippen LogP contribution in [0.25, 0.3) is 22.1 Å². The molecule has 2 aromatic heterocycles. The number of hydrogen-bond donors (Lipinski definition) is 4. The molecule has 6 saturated heterocycles. The van der Waals surface area contributed by atoms with Gasteiger partial charge in [0.15, 0.2) is 23.8 Å². The monoisotopic (exact) mass is 1130 g/mol. The fourth-order valence-electron chi connectivity index (χ4n) is 14.2. The first kappa shape index (κ1) is 56.2. The smallest absolute Gasteiger partial charge is 0.405 e. The molecule has 3 aromatic carbocycles. The molecule has 81 heavy (non-hydrogen) atoms. The van der Waals surface area contributed by atoms with Crippen LogP contribution in [0.1, 0.15) is 146 Å². The van der Waals surface area contributed by atoms with Gasteiger partial charge < -0.3 is 60.0 Å². The van der Waals surface area contributed by atoms with Crippen LogP contribution in [0.2, 0.25) is 0 Å². The number of likely N-dealkylation sites (tertiary alicyclic amines) is 2. The molecule has 8 heterocycles. The summed E-state index contributed by atoms with van der Waals surface area (Å²) in [5.41, 5.74) is 11.7. The number of carbonyl (C=O) groups excluding carboxylic acids is 4. The van der Waals surface area contributed by atoms with Gasteiger partial charge in [-0.05, 0) is 119 Å². The summed E-state index contributed by atoms with van der Waals surface area (Å²) in [5.74, 6) is -3.25. The van der Waals surface area contributed by atoms with Crippen molar-refractivity contribution in [1.82, 2.24) is 29.7 Å². The number of aromatic amines is 2. The summed E-state index contributed by atoms with van der Waals surface area (Å²) in [5, 5.41) is 0. The van der Waals surface area contributed by atoms with Crippen molar-refractivity contribution in [2.75, 3.05) is 62.4 Å². The number of nitrogens with two attached hydrogens (primary N) is 2. The first-order valence-corrected chi connectivity index (χ1v) is 28.8. The van der Waals surface area contributed by atoms with Crippen LogP contribution in [0.3, 0.4) is 0 Å². The average molecular weight is 1130 g/mol. The Bertz CT molecular complexity index is 3180. The van der Waals surface area contributed by atoms with Crippen LogP contribution < -0.4 is 21.3 Å². The van der Waals surface area contributed by atoms with Crippen molar-refractivity contribution in [2.45, 2.75) is 141 Å². The molecular weight excluding hydrogens is 1050 g/mol. The van der Waals surface area contributed by atoms with E-state index in [4.69, 9.17) is 40.4 Å². The number of nitrogens with zero attached hydrogens (tertiary/aromatic N) is 6. The molecule has 0 saturated carbocycles. The number of halogens is 4. The lowest BCUT2D eigenvalue weighted by Crippen LogP contribution is -2.53. The zero-order valence-electron chi connectivity index (χ0n) is 46.7. The van der Waals surface area contributed by atoms with Crippen LogP contribution in [0.15, 0.2) is 36.4 Å². The van der Waals surface area contributed by atoms with Gasteiger partial charge in [-0.1, -0.05) is 27.7 Å². The lowest BCUT2D eigenvalue weighted by molar-refractivity contribution is -0.150. The molecule has 6 fully saturated rings. The summed E-state index contributed by atoms with van der Waals surface area (Å²) in [6, 6.07) is 6.09. The van der Waals surface area contributed by atoms with Gasteiger partial charge in [0.1, 0.15) is 34.5 Å². The minimum Gasteiger partial charge on any atom is -0.436 e. The number of fused-ring (bicyclic) bond motifs is 2. The number of ether oxygens (including phenoxy) is 4. The second-order valence-corrected chi connectivity index (χ2v) is 24.5. The zero-order chi connectivity index (χ0) is 57.2. The normalized spacial score (nSPS) is 25.3. The van der Waals surface area contributed by atoms with Gasteiger partial charge in [0, 0.05) is 93.4 Å². The number of imidazole rings is 2. The van der Waals surface area contributed by atoms with Gasteiger partial charge in [-0.3, -0.25) is 9.59 Å². The van der Waals surface area contributed by atoms with E-state index in [9.17, 15) is 19.2 Å². The largest absolute Gasteiger partial charge is 0.436 e. The average Bonchev–Trinajstić information content (AvgIpc) is 3.61. The molecule has 0 aliphatic carbocycles. The van der Waals surface area contributed by atoms with Gasteiger partial charge in [0.05, 0.1) is 40.2 Å². The van der Waals surface area contributed by atoms with Crippen LogP contribution in [-0.2, 0) is 34.1 Å². The number of nitrogens with one attached hydrogen (secondary N) is 2. The van der Waals surface area contributed by atoms with Crippen LogP contribution in [-0.4, -0.2) is 119 Å². The molecule has 436 valence electrons. The van der Waals surface area contributed by atoms with Crippen LogP contribution in [0, 0.1) is 52.4 Å². The molecule has 0 bridgehead atoms. The third-order valence-corrected chi connectivity index (χ3v) is 18.9. The maximum absolute atomic E-state index is 17.2. The number of benzene rings is 3. The van der Waals surface area contributed by atoms with Crippen LogP contribution in [0.4, 0.5) is 38.5 Å². The van der Waals surface area contributed by atoms with Crippen molar-refractivity contribution < 1.29 is 55.7 Å². The number of aromatic nitrogens is 4. The third kappa shape index (κ3) is 10.6. The highest BCUT2D eigenvalue weighted by Crippen LogP contribution is 2.51. The minimum absolute atomic E-state index is 0.0365. The Balaban J connectivity index is 0.945. The van der Waals surface area contributed by atoms with E-state index in [0.717, 1.165) is 12.8 Å². The van der Waals surface area contributed by atoms with Gasteiger partial charge >= 0.3 is 12.2 Å². The summed E-state index contributed by atoms with van der Waals surface area (Å²) < 4.78 is 90.1. The molecule has 4 amide bonds. The van der Waals surface area contributed by atoms with Crippen molar-refractivity contribution in [3.8, 4) is 0 Å². The summed E-state index contributed by atoms with van der Waals surface area (Å²) in [4.78, 5) is 76.3. The minimum atomic E-state index is -1.14. The number of primary amides is 2. The quantitative estimate of drug-likeness (QED) is 0.0856. The highest BCUT2D eigenvalue weighted by atomic mass is 19.1. The van der Waals surface area contributed by atoms with E-state index in [0.29, 0.717) is 126 Å². The SMILES string of the molecule is CC1CCN(C(=O)[C@@H](OC(N)=O)C2CCOCC2)[C@]1(C)c1nc2cc(F)c([C@H]3CC[C@H](c4cc5[nH]c([C@@H]6CCCN6C(=O)[C@@H](OC(N)=O)C6CCOCC6)nc5cc4F)N3c3cc(F)c(N4CCC(C(C)(C)C)CC4)c(F)c3)cc2[nH]1. The van der Waals surface area contributed by atoms with Gasteiger partial charge in [-0.15, -0.1) is 0 Å². The highest BCUT2D eigenvalue weighted by Gasteiger charge is 2.52. The van der Waals surface area contributed by atoms with Crippen molar-refractivity contribution in [2.24, 2.45) is 40.6 Å². The molecule has 5 aromatic rings. The van der Waals surface area contributed by atoms with Crippen molar-refractivity contribution in [1.29, 1.82) is 0 Å². The van der Waals surface area contributed by atoms with Crippen LogP contribution in [0.5, 0.6) is 0 Å². The Morgan fingerprint density at radius 1 is 0.654 bits per heavy atom. The van der Waals surface area contributed by atoms with E-state index in [1.807, 2.05) is 13.8 Å². The molecule has 0 radical (unpaired) electrons. The van der Waals surface area contributed by atoms with E-state index in [1.54, 1.807) is 31.7 Å². The van der Waals surface area contributed by atoms with E-state index < -0.39 is 83.1 Å². The van der Waals surface area contributed by atoms with E-state index in [-0.39, 0.29) is 69.5 Å². The second-order valence-electron chi connectivity index (χ2n) is 24.5. The third-order valence-electron chi connectivity index (χ3n) is 18.9. The van der Waals surface area contributed by atoms with E-state index in [2.05, 4.69) is 30.7 Å². The number of piperidine rings is 1. The molecule has 6 aliphatic heterocycles. The van der Waals surface area contributed by atoms with E-state index in [1.165, 1.54) is 24.3 Å². The number of anilines is 2. The fraction of sp³-hybridized carbons (Fsp3) is 0.593. The van der Waals surface area contributed by atoms with E-state index >= 15 is 17.6 Å². The number of rotatable bonds is 12. The fourth-order valence-corrected chi connectivity index (χ4v) is 14.2. The number of hydrogen-bond acceptors (Lipinski definition) is 12. The predicted molar refractivity (Wildman–Crippen MR) is 293 cm³/mol. The lowest BCUT2D eigenvalue weighted by Gasteiger charge is -2.40. The molecular formula is C59H74F4N10O8. The van der Waals surface area contributed by atoms with Crippen molar-refractivity contribution >= 4 is 57.4 Å². The molecule has 7 atom stereocenters. The van der Waals surface area contributed by atoms with Gasteiger partial charge in [-0.2, -0.15) is 0 Å². The zero-order valence-corrected chi connectivity index (χ0v) is 46.7. The summed E-state index contributed by atoms with van der Waals surface area (Å²) in [7, 11) is 0. The van der Waals surface area contributed by atoms with Crippen LogP contribution >= 0.6 is 0 Å². The molecule has 0 spiro atoms. The summed E-state index contributed by atoms with van der Waals surface area (Å²) in [6.45, 7) is 13.7. The Kier molecular flexibility index (Phi) is 15.4. The molecule has 22 heteroatoms. The first-order chi connectivity index (χ1) is 38.7. The maximum atomic E-state index is 17.2. The molecule has 6 N–H and O–H groups in total. The number of H-pyrrole nitrogens is 2. The summed E-state index contributed by atoms with van der Waals surface area (Å²) in [6.07, 6.45) is 1.43.